The second kappa shape index (κ2) is 9.52. The van der Waals surface area contributed by atoms with Crippen LogP contribution in [0.15, 0.2) is 24.3 Å². The van der Waals surface area contributed by atoms with E-state index in [1.807, 2.05) is 13.0 Å². The van der Waals surface area contributed by atoms with Gasteiger partial charge in [0.25, 0.3) is 5.91 Å². The molecule has 0 atom stereocenters. The summed E-state index contributed by atoms with van der Waals surface area (Å²) in [5.41, 5.74) is 6.23. The van der Waals surface area contributed by atoms with Crippen molar-refractivity contribution in [3.63, 3.8) is 0 Å². The lowest BCUT2D eigenvalue weighted by Crippen LogP contribution is -2.48. The minimum Gasteiger partial charge on any atom is -0.466 e. The Labute approximate surface area is 139 Å². The summed E-state index contributed by atoms with van der Waals surface area (Å²) >= 11 is 4.88. The normalized spacial score (nSPS) is 9.65. The molecule has 23 heavy (non-hydrogen) atoms. The molecule has 124 valence electrons. The van der Waals surface area contributed by atoms with Crippen LogP contribution in [-0.2, 0) is 14.3 Å². The van der Waals surface area contributed by atoms with Gasteiger partial charge in [0.1, 0.15) is 0 Å². The van der Waals surface area contributed by atoms with Gasteiger partial charge in [0.2, 0.25) is 5.91 Å². The molecule has 0 aromatic heterocycles. The summed E-state index contributed by atoms with van der Waals surface area (Å²) in [7, 11) is 0. The summed E-state index contributed by atoms with van der Waals surface area (Å²) in [4.78, 5) is 34.6. The van der Waals surface area contributed by atoms with Crippen LogP contribution in [0.4, 0.5) is 0 Å². The van der Waals surface area contributed by atoms with Gasteiger partial charge in [-0.15, -0.1) is 0 Å². The summed E-state index contributed by atoms with van der Waals surface area (Å²) in [5.74, 6) is -1.27. The quantitative estimate of drug-likeness (QED) is 0.421. The summed E-state index contributed by atoms with van der Waals surface area (Å²) in [6.07, 6.45) is -0.0790. The van der Waals surface area contributed by atoms with Gasteiger partial charge in [0.15, 0.2) is 5.11 Å². The number of hydrogen-bond donors (Lipinski definition) is 3. The third-order valence-corrected chi connectivity index (χ3v) is 2.89. The highest BCUT2D eigenvalue weighted by Gasteiger charge is 2.10. The largest absolute Gasteiger partial charge is 0.466 e. The van der Waals surface area contributed by atoms with Crippen molar-refractivity contribution in [2.45, 2.75) is 26.7 Å². The molecular weight excluding hydrogens is 318 g/mol. The number of ether oxygens (including phenoxy) is 1. The van der Waals surface area contributed by atoms with Gasteiger partial charge in [0, 0.05) is 12.0 Å². The van der Waals surface area contributed by atoms with E-state index in [2.05, 4.69) is 16.2 Å². The fourth-order valence-corrected chi connectivity index (χ4v) is 1.81. The van der Waals surface area contributed by atoms with Gasteiger partial charge >= 0.3 is 5.97 Å². The maximum absolute atomic E-state index is 11.9. The standard InChI is InChI=1S/C15H19N3O4S/c1-3-22-13(20)8-7-12(19)16-15(23)18-17-14(21)11-6-4-5-10(2)9-11/h4-6,9H,3,7-8H2,1-2H3,(H,17,21)(H2,16,18,19,23). The van der Waals surface area contributed by atoms with Crippen molar-refractivity contribution in [2.75, 3.05) is 6.61 Å². The fraction of sp³-hybridized carbons (Fsp3) is 0.333. The highest BCUT2D eigenvalue weighted by Crippen LogP contribution is 2.02. The number of carbonyl (C=O) groups is 3. The van der Waals surface area contributed by atoms with Gasteiger partial charge in [-0.25, -0.2) is 0 Å². The molecule has 1 rings (SSSR count). The number of benzene rings is 1. The lowest BCUT2D eigenvalue weighted by atomic mass is 10.1. The maximum atomic E-state index is 11.9. The predicted octanol–water partition coefficient (Wildman–Crippen LogP) is 0.974. The second-order valence-corrected chi connectivity index (χ2v) is 5.04. The Kier molecular flexibility index (Phi) is 7.69. The molecular formula is C15H19N3O4S. The average molecular weight is 337 g/mol. The minimum absolute atomic E-state index is 0.0298. The first kappa shape index (κ1) is 18.6. The smallest absolute Gasteiger partial charge is 0.306 e. The van der Waals surface area contributed by atoms with Crippen molar-refractivity contribution in [1.29, 1.82) is 0 Å². The number of aryl methyl sites for hydroxylation is 1. The van der Waals surface area contributed by atoms with Crippen molar-refractivity contribution in [2.24, 2.45) is 0 Å². The molecule has 2 amide bonds. The molecule has 0 aliphatic rings. The third-order valence-electron chi connectivity index (χ3n) is 2.68. The highest BCUT2D eigenvalue weighted by atomic mass is 32.1. The molecule has 3 N–H and O–H groups in total. The lowest BCUT2D eigenvalue weighted by molar-refractivity contribution is -0.144. The van der Waals surface area contributed by atoms with Crippen LogP contribution in [0.5, 0.6) is 0 Å². The molecule has 1 aromatic rings. The minimum atomic E-state index is -0.450. The molecule has 0 aliphatic carbocycles. The zero-order valence-corrected chi connectivity index (χ0v) is 13.8. The molecule has 0 unspecified atom stereocenters. The van der Waals surface area contributed by atoms with E-state index in [1.54, 1.807) is 25.1 Å². The first-order chi connectivity index (χ1) is 10.9. The molecule has 8 heteroatoms. The monoisotopic (exact) mass is 337 g/mol. The van der Waals surface area contributed by atoms with Gasteiger partial charge in [-0.3, -0.25) is 25.2 Å². The van der Waals surface area contributed by atoms with E-state index in [0.717, 1.165) is 5.56 Å². The first-order valence-electron chi connectivity index (χ1n) is 7.04. The van der Waals surface area contributed by atoms with Gasteiger partial charge in [0.05, 0.1) is 13.0 Å². The van der Waals surface area contributed by atoms with Crippen molar-refractivity contribution < 1.29 is 19.1 Å². The fourth-order valence-electron chi connectivity index (χ4n) is 1.64. The Morgan fingerprint density at radius 1 is 1.17 bits per heavy atom. The number of amides is 2. The molecule has 1 aromatic carbocycles. The van der Waals surface area contributed by atoms with E-state index in [9.17, 15) is 14.4 Å². The Morgan fingerprint density at radius 3 is 2.57 bits per heavy atom. The number of hydrazine groups is 1. The van der Waals surface area contributed by atoms with E-state index in [4.69, 9.17) is 17.0 Å². The molecule has 0 saturated carbocycles. The summed E-state index contributed by atoms with van der Waals surface area (Å²) < 4.78 is 4.71. The van der Waals surface area contributed by atoms with Gasteiger partial charge < -0.3 is 10.1 Å². The van der Waals surface area contributed by atoms with Crippen LogP contribution in [0.3, 0.4) is 0 Å². The van der Waals surface area contributed by atoms with E-state index in [0.29, 0.717) is 5.56 Å². The van der Waals surface area contributed by atoms with Crippen LogP contribution in [0.25, 0.3) is 0 Å². The number of thiocarbonyl (C=S) groups is 1. The van der Waals surface area contributed by atoms with E-state index in [-0.39, 0.29) is 30.5 Å². The van der Waals surface area contributed by atoms with E-state index in [1.165, 1.54) is 0 Å². The second-order valence-electron chi connectivity index (χ2n) is 4.63. The molecule has 0 radical (unpaired) electrons. The van der Waals surface area contributed by atoms with Crippen LogP contribution >= 0.6 is 12.2 Å². The number of hydrogen-bond acceptors (Lipinski definition) is 5. The number of rotatable bonds is 5. The van der Waals surface area contributed by atoms with Crippen LogP contribution < -0.4 is 16.2 Å². The van der Waals surface area contributed by atoms with E-state index >= 15 is 0 Å². The Balaban J connectivity index is 2.32. The average Bonchev–Trinajstić information content (AvgIpc) is 2.51. The summed E-state index contributed by atoms with van der Waals surface area (Å²) in [6, 6.07) is 7.02. The summed E-state index contributed by atoms with van der Waals surface area (Å²) in [5, 5.41) is 2.30. The van der Waals surface area contributed by atoms with Crippen molar-refractivity contribution >= 4 is 35.1 Å². The molecule has 0 heterocycles. The maximum Gasteiger partial charge on any atom is 0.306 e. The van der Waals surface area contributed by atoms with Gasteiger partial charge in [-0.1, -0.05) is 17.7 Å². The lowest BCUT2D eigenvalue weighted by Gasteiger charge is -2.11. The van der Waals surface area contributed by atoms with Crippen molar-refractivity contribution in [3.05, 3.63) is 35.4 Å². The Hall–Kier alpha value is -2.48. The van der Waals surface area contributed by atoms with Crippen molar-refractivity contribution in [3.8, 4) is 0 Å². The predicted molar refractivity (Wildman–Crippen MR) is 88.4 cm³/mol. The first-order valence-corrected chi connectivity index (χ1v) is 7.45. The molecule has 0 aliphatic heterocycles. The molecule has 0 fully saturated rings. The SMILES string of the molecule is CCOC(=O)CCC(=O)NC(=S)NNC(=O)c1cccc(C)c1. The molecule has 7 nitrogen and oxygen atoms in total. The van der Waals surface area contributed by atoms with Crippen LogP contribution in [0.1, 0.15) is 35.7 Å². The van der Waals surface area contributed by atoms with Crippen LogP contribution in [0.2, 0.25) is 0 Å². The van der Waals surface area contributed by atoms with Gasteiger partial charge in [-0.2, -0.15) is 0 Å². The zero-order chi connectivity index (χ0) is 17.2. The summed E-state index contributed by atoms with van der Waals surface area (Å²) in [6.45, 7) is 3.83. The van der Waals surface area contributed by atoms with Crippen LogP contribution in [-0.4, -0.2) is 29.5 Å². The topological polar surface area (TPSA) is 96.5 Å². The zero-order valence-electron chi connectivity index (χ0n) is 13.0. The van der Waals surface area contributed by atoms with Gasteiger partial charge in [-0.05, 0) is 38.2 Å². The van der Waals surface area contributed by atoms with Crippen molar-refractivity contribution in [1.82, 2.24) is 16.2 Å². The van der Waals surface area contributed by atoms with E-state index < -0.39 is 11.9 Å². The Bertz CT molecular complexity index is 604. The Morgan fingerprint density at radius 2 is 1.91 bits per heavy atom. The molecule has 0 bridgehead atoms. The molecule has 0 saturated heterocycles. The highest BCUT2D eigenvalue weighted by molar-refractivity contribution is 7.80. The number of carbonyl (C=O) groups excluding carboxylic acids is 3. The molecule has 0 spiro atoms. The number of nitrogens with one attached hydrogen (secondary N) is 3. The van der Waals surface area contributed by atoms with Crippen LogP contribution in [0, 0.1) is 6.92 Å². The third kappa shape index (κ3) is 7.37. The number of esters is 1.